The van der Waals surface area contributed by atoms with Gasteiger partial charge in [0, 0.05) is 23.5 Å². The molecule has 0 heterocycles. The number of alkyl halides is 3. The summed E-state index contributed by atoms with van der Waals surface area (Å²) in [6.45, 7) is 3.37. The van der Waals surface area contributed by atoms with Crippen molar-refractivity contribution in [3.63, 3.8) is 0 Å². The molecule has 1 N–H and O–H groups in total. The number of halogens is 3. The van der Waals surface area contributed by atoms with Gasteiger partial charge >= 0.3 is 6.36 Å². The molecule has 0 unspecified atom stereocenters. The minimum Gasteiger partial charge on any atom is -0.550 e. The normalized spacial score (nSPS) is 13.5. The van der Waals surface area contributed by atoms with Crippen LogP contribution in [0.5, 0.6) is 5.75 Å². The maximum atomic E-state index is 12.4. The molecule has 0 aliphatic carbocycles. The van der Waals surface area contributed by atoms with Crippen LogP contribution in [-0.2, 0) is 16.0 Å². The number of hydrogen-bond donors (Lipinski definition) is 1. The van der Waals surface area contributed by atoms with E-state index in [1.54, 1.807) is 12.1 Å². The molecule has 28 heavy (non-hydrogen) atoms. The fourth-order valence-corrected chi connectivity index (χ4v) is 2.62. The van der Waals surface area contributed by atoms with Crippen molar-refractivity contribution >= 4 is 17.6 Å². The van der Waals surface area contributed by atoms with Gasteiger partial charge in [-0.05, 0) is 43.2 Å². The van der Waals surface area contributed by atoms with Crippen LogP contribution in [0.1, 0.15) is 18.1 Å². The highest BCUT2D eigenvalue weighted by Crippen LogP contribution is 2.25. The van der Waals surface area contributed by atoms with E-state index in [0.29, 0.717) is 0 Å². The summed E-state index contributed by atoms with van der Waals surface area (Å²) in [5.74, 6) is -4.33. The highest BCUT2D eigenvalue weighted by atomic mass is 19.4. The third kappa shape index (κ3) is 6.29. The van der Waals surface area contributed by atoms with Gasteiger partial charge in [0.1, 0.15) is 5.75 Å². The van der Waals surface area contributed by atoms with Gasteiger partial charge in [-0.2, -0.15) is 0 Å². The van der Waals surface area contributed by atoms with Crippen molar-refractivity contribution in [3.05, 3.63) is 59.7 Å². The monoisotopic (exact) mass is 394 g/mol. The second kappa shape index (κ2) is 8.77. The zero-order valence-electron chi connectivity index (χ0n) is 15.2. The Balaban J connectivity index is 2.04. The van der Waals surface area contributed by atoms with E-state index >= 15 is 0 Å². The summed E-state index contributed by atoms with van der Waals surface area (Å²) in [6, 6.07) is 11.8. The molecule has 8 heteroatoms. The van der Waals surface area contributed by atoms with Crippen LogP contribution in [0.15, 0.2) is 48.5 Å². The van der Waals surface area contributed by atoms with Gasteiger partial charge in [0.2, 0.25) is 5.91 Å². The van der Waals surface area contributed by atoms with Crippen molar-refractivity contribution in [1.82, 2.24) is 0 Å². The highest BCUT2D eigenvalue weighted by Gasteiger charge is 2.31. The number of amides is 1. The molecule has 0 spiro atoms. The quantitative estimate of drug-likeness (QED) is 0.783. The van der Waals surface area contributed by atoms with E-state index in [4.69, 9.17) is 0 Å². The van der Waals surface area contributed by atoms with E-state index in [1.807, 2.05) is 19.1 Å². The largest absolute Gasteiger partial charge is 0.573 e. The van der Waals surface area contributed by atoms with E-state index in [0.717, 1.165) is 23.3 Å². The molecule has 0 radical (unpaired) electrons. The molecule has 0 aromatic heterocycles. The number of hydrogen-bond acceptors (Lipinski definition) is 4. The van der Waals surface area contributed by atoms with E-state index < -0.39 is 35.8 Å². The lowest BCUT2D eigenvalue weighted by atomic mass is 9.87. The predicted octanol–water partition coefficient (Wildman–Crippen LogP) is 3.08. The van der Waals surface area contributed by atoms with Gasteiger partial charge in [0.25, 0.3) is 0 Å². The van der Waals surface area contributed by atoms with Crippen molar-refractivity contribution in [3.8, 4) is 5.75 Å². The number of carbonyl (C=O) groups excluding carboxylic acids is 2. The third-order valence-electron chi connectivity index (χ3n) is 4.25. The average Bonchev–Trinajstić information content (AvgIpc) is 2.60. The Bertz CT molecular complexity index is 817. The smallest absolute Gasteiger partial charge is 0.550 e. The van der Waals surface area contributed by atoms with Crippen molar-refractivity contribution in [2.24, 2.45) is 11.8 Å². The number of aliphatic carboxylic acids is 1. The number of anilines is 1. The second-order valence-electron chi connectivity index (χ2n) is 6.47. The van der Waals surface area contributed by atoms with Crippen molar-refractivity contribution in [1.29, 1.82) is 0 Å². The Labute approximate surface area is 160 Å². The molecule has 150 valence electrons. The first-order valence-corrected chi connectivity index (χ1v) is 8.48. The summed E-state index contributed by atoms with van der Waals surface area (Å²) < 4.78 is 40.3. The number of rotatable bonds is 7. The van der Waals surface area contributed by atoms with Crippen molar-refractivity contribution in [2.75, 3.05) is 5.32 Å². The molecule has 0 fully saturated rings. The van der Waals surface area contributed by atoms with Gasteiger partial charge in [-0.15, -0.1) is 13.2 Å². The van der Waals surface area contributed by atoms with Crippen LogP contribution in [0, 0.1) is 18.8 Å². The number of benzene rings is 2. The molecule has 0 saturated carbocycles. The van der Waals surface area contributed by atoms with Crippen LogP contribution in [-0.4, -0.2) is 18.2 Å². The summed E-state index contributed by atoms with van der Waals surface area (Å²) in [7, 11) is 0. The summed E-state index contributed by atoms with van der Waals surface area (Å²) in [4.78, 5) is 23.9. The van der Waals surface area contributed by atoms with Crippen molar-refractivity contribution in [2.45, 2.75) is 26.6 Å². The van der Waals surface area contributed by atoms with Gasteiger partial charge in [-0.1, -0.05) is 36.8 Å². The molecule has 2 rings (SSSR count). The molecule has 5 nitrogen and oxygen atoms in total. The fraction of sp³-hybridized carbons (Fsp3) is 0.300. The third-order valence-corrected chi connectivity index (χ3v) is 4.25. The molecule has 0 saturated heterocycles. The van der Waals surface area contributed by atoms with Gasteiger partial charge in [-0.25, -0.2) is 0 Å². The Morgan fingerprint density at radius 2 is 1.64 bits per heavy atom. The molecule has 0 bridgehead atoms. The van der Waals surface area contributed by atoms with Crippen molar-refractivity contribution < 1.29 is 32.6 Å². The summed E-state index contributed by atoms with van der Waals surface area (Å²) >= 11 is 0. The first-order valence-electron chi connectivity index (χ1n) is 8.48. The fourth-order valence-electron chi connectivity index (χ4n) is 2.62. The van der Waals surface area contributed by atoms with Crippen LogP contribution in [0.2, 0.25) is 0 Å². The Kier molecular flexibility index (Phi) is 6.66. The van der Waals surface area contributed by atoms with E-state index in [9.17, 15) is 27.9 Å². The lowest BCUT2D eigenvalue weighted by Gasteiger charge is -2.24. The van der Waals surface area contributed by atoms with E-state index in [-0.39, 0.29) is 12.1 Å². The van der Waals surface area contributed by atoms with E-state index in [2.05, 4.69) is 10.1 Å². The summed E-state index contributed by atoms with van der Waals surface area (Å²) in [5, 5.41) is 14.0. The topological polar surface area (TPSA) is 78.5 Å². The number of carbonyl (C=O) groups is 2. The van der Waals surface area contributed by atoms with E-state index in [1.165, 1.54) is 19.1 Å². The molecule has 2 aromatic carbocycles. The zero-order valence-corrected chi connectivity index (χ0v) is 15.2. The Morgan fingerprint density at radius 1 is 1.07 bits per heavy atom. The molecular weight excluding hydrogens is 375 g/mol. The van der Waals surface area contributed by atoms with Crippen LogP contribution in [0.4, 0.5) is 18.9 Å². The number of ether oxygens (including phenoxy) is 1. The van der Waals surface area contributed by atoms with Crippen LogP contribution < -0.4 is 15.2 Å². The summed E-state index contributed by atoms with van der Waals surface area (Å²) in [5.41, 5.74) is 2.00. The minimum atomic E-state index is -4.81. The molecule has 2 atom stereocenters. The first-order chi connectivity index (χ1) is 13.0. The molecule has 2 aromatic rings. The lowest BCUT2D eigenvalue weighted by molar-refractivity contribution is -0.312. The lowest BCUT2D eigenvalue weighted by Crippen LogP contribution is -2.40. The standard InChI is InChI=1S/C20H20F3NO4/c1-12-3-5-14(6-4-12)11-17(19(26)27)13(2)18(25)24-15-7-9-16(10-8-15)28-20(21,22)23/h3-10,13,17H,11H2,1-2H3,(H,24,25)(H,26,27)/p-1/t13-,17+/m1/s1. The molecule has 0 aliphatic heterocycles. The van der Waals surface area contributed by atoms with Gasteiger partial charge in [0.15, 0.2) is 0 Å². The highest BCUT2D eigenvalue weighted by molar-refractivity contribution is 5.94. The molecular formula is C20H19F3NO4-. The zero-order chi connectivity index (χ0) is 20.9. The minimum absolute atomic E-state index is 0.121. The number of carboxylic acids is 1. The predicted molar refractivity (Wildman–Crippen MR) is 94.3 cm³/mol. The van der Waals surface area contributed by atoms with Gasteiger partial charge < -0.3 is 20.0 Å². The number of carboxylic acid groups (broad SMARTS) is 1. The van der Waals surface area contributed by atoms with Crippen LogP contribution >= 0.6 is 0 Å². The van der Waals surface area contributed by atoms with Gasteiger partial charge in [0.05, 0.1) is 0 Å². The first kappa shape index (κ1) is 21.3. The van der Waals surface area contributed by atoms with Crippen LogP contribution in [0.3, 0.4) is 0 Å². The number of nitrogens with one attached hydrogen (secondary N) is 1. The maximum Gasteiger partial charge on any atom is 0.573 e. The molecule has 1 amide bonds. The SMILES string of the molecule is Cc1ccc(C[C@H](C(=O)[O-])[C@@H](C)C(=O)Nc2ccc(OC(F)(F)F)cc2)cc1. The second-order valence-corrected chi connectivity index (χ2v) is 6.47. The number of aryl methyl sites for hydroxylation is 1. The summed E-state index contributed by atoms with van der Waals surface area (Å²) in [6.07, 6.45) is -4.69. The van der Waals surface area contributed by atoms with Crippen LogP contribution in [0.25, 0.3) is 0 Å². The maximum absolute atomic E-state index is 12.4. The molecule has 0 aliphatic rings. The average molecular weight is 394 g/mol. The Morgan fingerprint density at radius 3 is 2.14 bits per heavy atom. The van der Waals surface area contributed by atoms with Gasteiger partial charge in [-0.3, -0.25) is 4.79 Å². The Hall–Kier alpha value is -3.03.